The summed E-state index contributed by atoms with van der Waals surface area (Å²) < 4.78 is 0. The minimum absolute atomic E-state index is 0.00667. The minimum atomic E-state index is -1.59. The van der Waals surface area contributed by atoms with Crippen LogP contribution in [0.25, 0.3) is 0 Å². The molecule has 0 heterocycles. The smallest absolute Gasteiger partial charge is 0.326 e. The van der Waals surface area contributed by atoms with Crippen molar-refractivity contribution in [1.82, 2.24) is 26.6 Å². The van der Waals surface area contributed by atoms with Crippen LogP contribution in [0, 0.1) is 0 Å². The van der Waals surface area contributed by atoms with Crippen LogP contribution >= 0.6 is 0 Å². The number of hydrogen-bond donors (Lipinski definition) is 10. The number of rotatable bonds is 22. The molecule has 10 N–H and O–H groups in total. The molecule has 2 aromatic carbocycles. The Labute approximate surface area is 291 Å². The molecular weight excluding hydrogens is 674 g/mol. The Bertz CT molecular complexity index is 1540. The number of phenolic OH excluding ortho intramolecular Hbond substituents is 1. The topological polar surface area (TPSA) is 298 Å². The number of phenols is 1. The van der Waals surface area contributed by atoms with Crippen LogP contribution in [0.1, 0.15) is 49.7 Å². The van der Waals surface area contributed by atoms with Gasteiger partial charge in [0.25, 0.3) is 0 Å². The van der Waals surface area contributed by atoms with E-state index in [1.807, 2.05) is 10.6 Å². The molecule has 18 nitrogen and oxygen atoms in total. The van der Waals surface area contributed by atoms with Gasteiger partial charge in [0.05, 0.1) is 0 Å². The van der Waals surface area contributed by atoms with Crippen LogP contribution in [-0.4, -0.2) is 104 Å². The van der Waals surface area contributed by atoms with Crippen LogP contribution in [0.15, 0.2) is 54.6 Å². The van der Waals surface area contributed by atoms with Gasteiger partial charge in [-0.3, -0.25) is 19.2 Å². The molecule has 0 aliphatic rings. The Morgan fingerprint density at radius 2 is 1.08 bits per heavy atom. The molecule has 0 saturated carbocycles. The number of benzene rings is 2. The fourth-order valence-electron chi connectivity index (χ4n) is 4.65. The van der Waals surface area contributed by atoms with Gasteiger partial charge in [0.2, 0.25) is 17.7 Å². The van der Waals surface area contributed by atoms with Crippen molar-refractivity contribution in [2.24, 2.45) is 0 Å². The lowest BCUT2D eigenvalue weighted by molar-refractivity contribution is -0.142. The Hall–Kier alpha value is -6.20. The number of carbonyl (C=O) groups excluding carboxylic acids is 4. The van der Waals surface area contributed by atoms with E-state index in [9.17, 15) is 53.7 Å². The third-order valence-corrected chi connectivity index (χ3v) is 7.34. The zero-order valence-electron chi connectivity index (χ0n) is 27.4. The van der Waals surface area contributed by atoms with E-state index >= 15 is 0 Å². The summed E-state index contributed by atoms with van der Waals surface area (Å²) in [6, 6.07) is 7.71. The van der Waals surface area contributed by atoms with Crippen LogP contribution in [-0.2, 0) is 46.4 Å². The lowest BCUT2D eigenvalue weighted by Crippen LogP contribution is -2.53. The monoisotopic (exact) mass is 715 g/mol. The van der Waals surface area contributed by atoms with E-state index in [1.54, 1.807) is 30.3 Å². The molecule has 4 atom stereocenters. The summed E-state index contributed by atoms with van der Waals surface area (Å²) in [5.74, 6) is -7.52. The Morgan fingerprint density at radius 1 is 0.549 bits per heavy atom. The van der Waals surface area contributed by atoms with E-state index in [0.717, 1.165) is 0 Å². The molecule has 2 aromatic rings. The number of hydrogen-bond acceptors (Lipinski definition) is 9. The van der Waals surface area contributed by atoms with E-state index in [1.165, 1.54) is 24.3 Å². The Morgan fingerprint density at radius 3 is 1.63 bits per heavy atom. The largest absolute Gasteiger partial charge is 0.508 e. The van der Waals surface area contributed by atoms with Gasteiger partial charge < -0.3 is 52.1 Å². The molecule has 0 aromatic heterocycles. The van der Waals surface area contributed by atoms with Crippen molar-refractivity contribution in [1.29, 1.82) is 0 Å². The van der Waals surface area contributed by atoms with Crippen molar-refractivity contribution >= 4 is 47.6 Å². The summed E-state index contributed by atoms with van der Waals surface area (Å²) in [7, 11) is 0. The fraction of sp³-hybridized carbons (Fsp3) is 0.394. The predicted octanol–water partition coefficient (Wildman–Crippen LogP) is -0.0214. The van der Waals surface area contributed by atoms with Crippen molar-refractivity contribution in [3.63, 3.8) is 0 Å². The molecule has 0 unspecified atom stereocenters. The van der Waals surface area contributed by atoms with Gasteiger partial charge in [-0.15, -0.1) is 0 Å². The average molecular weight is 716 g/mol. The maximum Gasteiger partial charge on any atom is 0.326 e. The van der Waals surface area contributed by atoms with E-state index < -0.39 is 84.6 Å². The van der Waals surface area contributed by atoms with Gasteiger partial charge in [0.1, 0.15) is 29.9 Å². The van der Waals surface area contributed by atoms with Crippen molar-refractivity contribution < 1.29 is 63.9 Å². The molecule has 0 aliphatic carbocycles. The molecule has 0 radical (unpaired) electrons. The minimum Gasteiger partial charge on any atom is -0.508 e. The van der Waals surface area contributed by atoms with Gasteiger partial charge in [-0.2, -0.15) is 0 Å². The number of carboxylic acids is 4. The van der Waals surface area contributed by atoms with E-state index in [0.29, 0.717) is 11.1 Å². The van der Waals surface area contributed by atoms with Crippen molar-refractivity contribution in [2.45, 2.75) is 75.5 Å². The third kappa shape index (κ3) is 16.2. The van der Waals surface area contributed by atoms with E-state index in [-0.39, 0.29) is 50.8 Å². The van der Waals surface area contributed by atoms with E-state index in [4.69, 9.17) is 10.2 Å². The Kier molecular flexibility index (Phi) is 16.9. The second-order valence-corrected chi connectivity index (χ2v) is 11.4. The molecule has 0 fully saturated rings. The summed E-state index contributed by atoms with van der Waals surface area (Å²) in [5.41, 5.74) is 1.24. The molecule has 0 bridgehead atoms. The average Bonchev–Trinajstić information content (AvgIpc) is 3.07. The summed E-state index contributed by atoms with van der Waals surface area (Å²) in [5, 5.41) is 58.1. The van der Waals surface area contributed by atoms with Crippen molar-refractivity contribution in [2.75, 3.05) is 6.54 Å². The molecule has 18 heteroatoms. The summed E-state index contributed by atoms with van der Waals surface area (Å²) >= 11 is 0. The lowest BCUT2D eigenvalue weighted by Gasteiger charge is -2.22. The van der Waals surface area contributed by atoms with Gasteiger partial charge in [-0.25, -0.2) is 19.2 Å². The first-order valence-corrected chi connectivity index (χ1v) is 15.8. The number of carboxylic acid groups (broad SMARTS) is 4. The molecule has 51 heavy (non-hydrogen) atoms. The maximum absolute atomic E-state index is 13.2. The van der Waals surface area contributed by atoms with Gasteiger partial charge in [0, 0.05) is 38.6 Å². The first-order chi connectivity index (χ1) is 24.1. The van der Waals surface area contributed by atoms with Gasteiger partial charge in [0.15, 0.2) is 0 Å². The number of carbonyl (C=O) groups is 8. The summed E-state index contributed by atoms with van der Waals surface area (Å²) in [6.07, 6.45) is -1.78. The predicted molar refractivity (Wildman–Crippen MR) is 176 cm³/mol. The molecular formula is C33H41N5O13. The number of amides is 5. The van der Waals surface area contributed by atoms with Crippen LogP contribution in [0.2, 0.25) is 0 Å². The van der Waals surface area contributed by atoms with Crippen LogP contribution in [0.4, 0.5) is 4.79 Å². The highest BCUT2D eigenvalue weighted by Gasteiger charge is 2.28. The molecule has 0 aliphatic heterocycles. The first kappa shape index (κ1) is 41.0. The number of nitrogens with one attached hydrogen (secondary N) is 5. The SMILES string of the molecule is O=C(O)CC[C@H](NC(=O)N[C@@H](CCC(=O)NCCCC(=O)N[C@@H](Cc1ccccc1)C(=O)N[C@@H](Cc1ccc(O)cc1)C(=O)O)C(=O)O)C(=O)O. The summed E-state index contributed by atoms with van der Waals surface area (Å²) in [6.45, 7) is -0.00889. The molecule has 0 spiro atoms. The van der Waals surface area contributed by atoms with Crippen LogP contribution in [0.3, 0.4) is 0 Å². The maximum atomic E-state index is 13.2. The lowest BCUT2D eigenvalue weighted by atomic mass is 10.0. The first-order valence-electron chi connectivity index (χ1n) is 15.8. The quantitative estimate of drug-likeness (QED) is 0.0718. The second-order valence-electron chi connectivity index (χ2n) is 11.4. The Balaban J connectivity index is 1.88. The van der Waals surface area contributed by atoms with Gasteiger partial charge >= 0.3 is 29.9 Å². The number of aliphatic carboxylic acids is 4. The zero-order valence-corrected chi connectivity index (χ0v) is 27.4. The van der Waals surface area contributed by atoms with Crippen molar-refractivity contribution in [3.8, 4) is 5.75 Å². The van der Waals surface area contributed by atoms with Crippen LogP contribution < -0.4 is 26.6 Å². The molecule has 0 saturated heterocycles. The standard InChI is InChI=1S/C33H41N5O13/c39-21-10-8-20(9-11-21)18-25(32(49)50)36-29(44)24(17-19-5-2-1-3-6-19)35-27(41)7-4-16-34-26(40)14-12-22(30(45)46)37-33(51)38-23(31(47)48)13-15-28(42)43/h1-3,5-6,8-11,22-25,39H,4,7,12-18H2,(H,34,40)(H,35,41)(H,36,44)(H,42,43)(H,45,46)(H,47,48)(H,49,50)(H2,37,38,51)/t22-,23-,24-,25-/m0/s1. The zero-order chi connectivity index (χ0) is 37.9. The van der Waals surface area contributed by atoms with Gasteiger partial charge in [-0.1, -0.05) is 42.5 Å². The molecule has 5 amide bonds. The second kappa shape index (κ2) is 21.0. The number of urea groups is 1. The molecule has 276 valence electrons. The normalized spacial score (nSPS) is 12.9. The fourth-order valence-corrected chi connectivity index (χ4v) is 4.65. The van der Waals surface area contributed by atoms with Gasteiger partial charge in [-0.05, 0) is 42.5 Å². The number of aromatic hydroxyl groups is 1. The molecule has 2 rings (SSSR count). The van der Waals surface area contributed by atoms with E-state index in [2.05, 4.69) is 16.0 Å². The highest BCUT2D eigenvalue weighted by molar-refractivity contribution is 5.91. The van der Waals surface area contributed by atoms with Crippen LogP contribution in [0.5, 0.6) is 5.75 Å². The highest BCUT2D eigenvalue weighted by atomic mass is 16.4. The third-order valence-electron chi connectivity index (χ3n) is 7.34. The highest BCUT2D eigenvalue weighted by Crippen LogP contribution is 2.12. The van der Waals surface area contributed by atoms with Crippen molar-refractivity contribution in [3.05, 3.63) is 65.7 Å². The summed E-state index contributed by atoms with van der Waals surface area (Å²) in [4.78, 5) is 95.9.